The monoisotopic (exact) mass is 948 g/mol. The van der Waals surface area contributed by atoms with Crippen molar-refractivity contribution in [3.63, 3.8) is 0 Å². The molecule has 4 bridgehead atoms. The molecular weight excluding hydrogens is 889 g/mol. The van der Waals surface area contributed by atoms with E-state index in [0.29, 0.717) is 108 Å². The zero-order chi connectivity index (χ0) is 47.6. The van der Waals surface area contributed by atoms with E-state index in [-0.39, 0.29) is 54.6 Å². The first-order valence-electron chi connectivity index (χ1n) is 25.9. The van der Waals surface area contributed by atoms with Gasteiger partial charge >= 0.3 is 11.9 Å². The highest BCUT2D eigenvalue weighted by Crippen LogP contribution is 2.67. The van der Waals surface area contributed by atoms with Crippen molar-refractivity contribution in [2.45, 2.75) is 137 Å². The smallest absolute Gasteiger partial charge is 0.315 e. The summed E-state index contributed by atoms with van der Waals surface area (Å²) in [6.07, 6.45) is 8.20. The molecule has 0 radical (unpaired) electrons. The fraction of sp³-hybridized carbons (Fsp3) is 0.544. The quantitative estimate of drug-likeness (QED) is 0.129. The van der Waals surface area contributed by atoms with Gasteiger partial charge in [-0.15, -0.1) is 0 Å². The first kappa shape index (κ1) is 43.4. The van der Waals surface area contributed by atoms with Crippen molar-refractivity contribution in [3.8, 4) is 28.7 Å². The number of Topliss-reactive ketones (excluding diaryl/α,β-unsaturated/α-hetero) is 2. The molecule has 3 aliphatic heterocycles. The van der Waals surface area contributed by atoms with Crippen LogP contribution < -0.4 is 23.7 Å². The molecule has 2 N–H and O–H groups in total. The third kappa shape index (κ3) is 5.92. The maximum absolute atomic E-state index is 14.4. The van der Waals surface area contributed by atoms with E-state index >= 15 is 0 Å². The number of ketones is 2. The zero-order valence-electron chi connectivity index (χ0n) is 40.0. The maximum atomic E-state index is 14.4. The Morgan fingerprint density at radius 3 is 1.81 bits per heavy atom. The van der Waals surface area contributed by atoms with Crippen LogP contribution in [-0.4, -0.2) is 113 Å². The number of nitrogens with zero attached hydrogens (tertiary/aromatic N) is 2. The highest BCUT2D eigenvalue weighted by atomic mass is 16.6. The van der Waals surface area contributed by atoms with Gasteiger partial charge in [-0.3, -0.25) is 29.0 Å². The van der Waals surface area contributed by atoms with Crippen molar-refractivity contribution in [1.82, 2.24) is 9.80 Å². The first-order chi connectivity index (χ1) is 33.8. The van der Waals surface area contributed by atoms with Gasteiger partial charge in [0.15, 0.2) is 23.4 Å². The second-order valence-electron chi connectivity index (χ2n) is 22.8. The Kier molecular flexibility index (Phi) is 9.37. The fourth-order valence-electron chi connectivity index (χ4n) is 16.1. The third-order valence-electron chi connectivity index (χ3n) is 19.4. The maximum Gasteiger partial charge on any atom is 0.315 e. The summed E-state index contributed by atoms with van der Waals surface area (Å²) in [5.74, 6) is 2.10. The Morgan fingerprint density at radius 1 is 0.671 bits per heavy atom. The van der Waals surface area contributed by atoms with Gasteiger partial charge < -0.3 is 33.9 Å². The average molecular weight is 949 g/mol. The number of fused-ring (bicyclic) bond motifs is 1. The van der Waals surface area contributed by atoms with Gasteiger partial charge in [0.1, 0.15) is 23.0 Å². The molecule has 7 aliphatic carbocycles. The van der Waals surface area contributed by atoms with Crippen LogP contribution in [0.25, 0.3) is 10.8 Å². The van der Waals surface area contributed by atoms with Gasteiger partial charge in [0.2, 0.25) is 0 Å². The van der Waals surface area contributed by atoms with E-state index in [1.165, 1.54) is 25.7 Å². The number of hydrogen-bond acceptors (Lipinski definition) is 13. The van der Waals surface area contributed by atoms with Crippen LogP contribution in [0, 0.1) is 17.8 Å². The standard InChI is InChI=1S/C57H60N2O11/c1-66-37-19-34-20-38(67-2)22-36(26-48(63)69-44-10-8-33-24-46-57(65)14-12-42(61)53-55(57,51(33)52(44)70-53)16-18-59(46)29-31-5-6-31)49(34)35(21-37)25-47(62)68-43-9-7-32-23-45-56(64)13-11-41(60)40-27-39(43)50(32)54(40,56)15-17-58(45)28-30-3-4-30/h7-10,19-22,30-31,40,45-46,53,64-65H,3-6,11-18,23-29H2,1-2H3/t40-,45+,46+,53-,54+,55-,56+,57+/m0/s1. The molecule has 10 aliphatic rings. The van der Waals surface area contributed by atoms with Gasteiger partial charge in [0.25, 0.3) is 0 Å². The summed E-state index contributed by atoms with van der Waals surface area (Å²) in [6.45, 7) is 3.56. The number of carbonyl (C=O) groups excluding carboxylic acids is 4. The molecule has 4 aromatic carbocycles. The number of esters is 2. The van der Waals surface area contributed by atoms with Gasteiger partial charge in [0.05, 0.1) is 43.7 Å². The SMILES string of the molecule is COc1cc(CC(=O)Oc2ccc3c4c2C[C@H]2C(=O)CC[C@@]5(O)[C@@H](C3)N(CC3CC3)CC[C@]425)c2c(CC(=O)Oc3ccc4c5c3O[C@H]3C(=O)CC[C@@]6(O)[C@@H](C4)N(CC4CC4)CC[C@]536)cc(OC)cc2c1. The number of carbonyl (C=O) groups is 4. The number of likely N-dealkylation sites (tertiary alicyclic amines) is 2. The Balaban J connectivity index is 0.769. The summed E-state index contributed by atoms with van der Waals surface area (Å²) >= 11 is 0. The first-order valence-corrected chi connectivity index (χ1v) is 25.9. The molecule has 4 aromatic rings. The van der Waals surface area contributed by atoms with Crippen molar-refractivity contribution >= 4 is 34.3 Å². The van der Waals surface area contributed by atoms with E-state index in [2.05, 4.69) is 15.9 Å². The van der Waals surface area contributed by atoms with Crippen LogP contribution in [0.3, 0.4) is 0 Å². The van der Waals surface area contributed by atoms with Crippen LogP contribution in [0.2, 0.25) is 0 Å². The number of hydrogen-bond donors (Lipinski definition) is 2. The van der Waals surface area contributed by atoms with Crippen molar-refractivity contribution in [2.24, 2.45) is 17.8 Å². The largest absolute Gasteiger partial charge is 0.497 e. The van der Waals surface area contributed by atoms with Crippen molar-refractivity contribution in [1.29, 1.82) is 0 Å². The molecular formula is C57H60N2O11. The minimum absolute atomic E-state index is 0.0295. The van der Waals surface area contributed by atoms with Crippen LogP contribution in [-0.2, 0) is 62.1 Å². The second kappa shape index (κ2) is 15.1. The molecule has 0 amide bonds. The number of benzene rings is 4. The third-order valence-corrected chi connectivity index (χ3v) is 19.4. The lowest BCUT2D eigenvalue weighted by Gasteiger charge is -2.64. The number of methoxy groups -OCH3 is 2. The number of piperidine rings is 2. The van der Waals surface area contributed by atoms with Crippen molar-refractivity contribution in [2.75, 3.05) is 40.4 Å². The molecule has 8 atom stereocenters. The minimum atomic E-state index is -1.14. The lowest BCUT2D eigenvalue weighted by Crippen LogP contribution is -2.76. The highest BCUT2D eigenvalue weighted by Gasteiger charge is 2.74. The summed E-state index contributed by atoms with van der Waals surface area (Å²) in [4.78, 5) is 61.3. The van der Waals surface area contributed by atoms with E-state index in [1.54, 1.807) is 32.4 Å². The molecule has 364 valence electrons. The Hall–Kier alpha value is -5.34. The van der Waals surface area contributed by atoms with E-state index in [9.17, 15) is 29.4 Å². The van der Waals surface area contributed by atoms with E-state index in [4.69, 9.17) is 23.7 Å². The molecule has 70 heavy (non-hydrogen) atoms. The van der Waals surface area contributed by atoms with Crippen LogP contribution >= 0.6 is 0 Å². The Morgan fingerprint density at radius 2 is 1.21 bits per heavy atom. The van der Waals surface area contributed by atoms with Gasteiger partial charge in [-0.05, 0) is 176 Å². The number of aliphatic hydroxyl groups is 2. The predicted octanol–water partition coefficient (Wildman–Crippen LogP) is 5.83. The van der Waals surface area contributed by atoms with Crippen LogP contribution in [0.5, 0.6) is 28.7 Å². The molecule has 4 saturated carbocycles. The normalized spacial score (nSPS) is 33.1. The van der Waals surface area contributed by atoms with Crippen molar-refractivity contribution in [3.05, 3.63) is 87.5 Å². The molecule has 13 nitrogen and oxygen atoms in total. The summed E-state index contributed by atoms with van der Waals surface area (Å²) in [6, 6.07) is 14.8. The van der Waals surface area contributed by atoms with E-state index in [0.717, 1.165) is 54.0 Å². The Bertz CT molecular complexity index is 2800. The molecule has 14 rings (SSSR count). The fourth-order valence-corrected chi connectivity index (χ4v) is 16.1. The number of ether oxygens (including phenoxy) is 5. The van der Waals surface area contributed by atoms with Crippen LogP contribution in [0.1, 0.15) is 103 Å². The van der Waals surface area contributed by atoms with Gasteiger partial charge in [0, 0.05) is 54.9 Å². The van der Waals surface area contributed by atoms with Gasteiger partial charge in [-0.2, -0.15) is 0 Å². The summed E-state index contributed by atoms with van der Waals surface area (Å²) < 4.78 is 30.7. The average Bonchev–Trinajstić information content (AvgIpc) is 4.27. The molecule has 0 unspecified atom stereocenters. The highest BCUT2D eigenvalue weighted by molar-refractivity contribution is 5.97. The Labute approximate surface area is 406 Å². The summed E-state index contributed by atoms with van der Waals surface area (Å²) in [5, 5.41) is 27.0. The van der Waals surface area contributed by atoms with E-state index in [1.807, 2.05) is 24.3 Å². The lowest BCUT2D eigenvalue weighted by molar-refractivity contribution is -0.188. The van der Waals surface area contributed by atoms with Crippen LogP contribution in [0.15, 0.2) is 48.5 Å². The zero-order valence-corrected chi connectivity index (χ0v) is 40.0. The molecule has 2 spiro atoms. The predicted molar refractivity (Wildman–Crippen MR) is 255 cm³/mol. The molecule has 2 saturated heterocycles. The van der Waals surface area contributed by atoms with Crippen molar-refractivity contribution < 1.29 is 53.1 Å². The van der Waals surface area contributed by atoms with Crippen LogP contribution in [0.4, 0.5) is 0 Å². The lowest BCUT2D eigenvalue weighted by atomic mass is 9.48. The van der Waals surface area contributed by atoms with Gasteiger partial charge in [-0.25, -0.2) is 0 Å². The topological polar surface area (TPSA) is 161 Å². The summed E-state index contributed by atoms with van der Waals surface area (Å²) in [7, 11) is 3.12. The molecule has 3 heterocycles. The molecule has 13 heteroatoms. The second-order valence-corrected chi connectivity index (χ2v) is 22.8. The summed E-state index contributed by atoms with van der Waals surface area (Å²) in [5.41, 5.74) is 2.27. The molecule has 6 fully saturated rings. The number of rotatable bonds is 12. The van der Waals surface area contributed by atoms with Gasteiger partial charge in [-0.1, -0.05) is 12.1 Å². The minimum Gasteiger partial charge on any atom is -0.497 e. The van der Waals surface area contributed by atoms with E-state index < -0.39 is 40.1 Å². The molecule has 0 aromatic heterocycles.